The minimum Gasteiger partial charge on any atom is 0 e. The molecule has 0 aliphatic rings. The molecule has 0 saturated heterocycles. The van der Waals surface area contributed by atoms with Crippen molar-refractivity contribution in [3.63, 3.8) is 0 Å². The van der Waals surface area contributed by atoms with Gasteiger partial charge in [-0.25, -0.2) is 0 Å². The third-order valence-corrected chi connectivity index (χ3v) is 0.167. The molecule has 0 heterocycles. The maximum atomic E-state index is 7.50. The second-order valence-electron chi connectivity index (χ2n) is 0.471. The number of allylic oxidation sites excluding steroid dienone is 2. The van der Waals surface area contributed by atoms with Crippen LogP contribution in [0.3, 0.4) is 0 Å². The first kappa shape index (κ1) is 40.4. The van der Waals surface area contributed by atoms with Gasteiger partial charge < -0.3 is 0 Å². The first-order chi connectivity index (χ1) is 5.91. The predicted octanol–water partition coefficient (Wildman–Crippen LogP) is 1.21. The summed E-state index contributed by atoms with van der Waals surface area (Å²) in [5, 5.41) is 0. The Morgan fingerprint density at radius 2 is 0.692 bits per heavy atom. The molecule has 0 aromatic heterocycles. The molecule has 0 spiro atoms. The van der Waals surface area contributed by atoms with E-state index in [1.807, 2.05) is 0 Å². The van der Waals surface area contributed by atoms with Crippen LogP contribution in [0.2, 0.25) is 0 Å². The molecule has 0 radical (unpaired) electrons. The van der Waals surface area contributed by atoms with Gasteiger partial charge in [-0.05, 0) is 0 Å². The van der Waals surface area contributed by atoms with Gasteiger partial charge >= 0.3 is 45.2 Å². The summed E-state index contributed by atoms with van der Waals surface area (Å²) in [4.78, 5) is 0. The molecule has 4 nitrogen and oxygen atoms in total. The molecule has 0 N–H and O–H groups in total. The summed E-state index contributed by atoms with van der Waals surface area (Å²) in [5.74, 6) is 0. The van der Waals surface area contributed by atoms with Crippen molar-refractivity contribution < 1.29 is 36.0 Å². The first-order valence-corrected chi connectivity index (χ1v) is 1.97. The maximum Gasteiger partial charge on any atom is 0 e. The van der Waals surface area contributed by atoms with E-state index in [1.165, 1.54) is 0 Å². The summed E-state index contributed by atoms with van der Waals surface area (Å²) in [6.45, 7) is 24.7. The van der Waals surface area contributed by atoms with Crippen molar-refractivity contribution >= 4 is 0 Å². The average Bonchev–Trinajstić information content (AvgIpc) is 2.29. The normalized spacial score (nSPS) is 2.15. The predicted molar refractivity (Wildman–Crippen MR) is 36.1 cm³/mol. The number of hydrogen-bond donors (Lipinski definition) is 0. The van der Waals surface area contributed by atoms with Crippen LogP contribution in [0.25, 0.3) is 0 Å². The molecule has 0 fully saturated rings. The third-order valence-electron chi connectivity index (χ3n) is 0.167. The van der Waals surface area contributed by atoms with Crippen molar-refractivity contribution in [3.05, 3.63) is 51.9 Å². The molecule has 13 heavy (non-hydrogen) atoms. The summed E-state index contributed by atoms with van der Waals surface area (Å²) in [6.07, 6.45) is 3.28. The SMILES string of the molecule is C=CC=C.[C-]#[O+].[C-]#[O+].[C-]#[O+].[C-]#[O+].[Cr]. The van der Waals surface area contributed by atoms with Crippen LogP contribution in [0.4, 0.5) is 0 Å². The molecule has 0 aliphatic carbocycles. The van der Waals surface area contributed by atoms with Crippen LogP contribution in [-0.4, -0.2) is 0 Å². The Balaban J connectivity index is -0.0000000122. The summed E-state index contributed by atoms with van der Waals surface area (Å²) < 4.78 is 30.0. The fourth-order valence-corrected chi connectivity index (χ4v) is 0. The van der Waals surface area contributed by atoms with Crippen LogP contribution in [-0.2, 0) is 36.0 Å². The van der Waals surface area contributed by atoms with Gasteiger partial charge in [0.15, 0.2) is 0 Å². The van der Waals surface area contributed by atoms with E-state index in [0.29, 0.717) is 0 Å². The molecular weight excluding hydrogens is 212 g/mol. The summed E-state index contributed by atoms with van der Waals surface area (Å²) >= 11 is 0. The zero-order chi connectivity index (χ0) is 11.4. The zero-order valence-electron chi connectivity index (χ0n) is 6.61. The second-order valence-corrected chi connectivity index (χ2v) is 0.471. The van der Waals surface area contributed by atoms with E-state index in [0.717, 1.165) is 0 Å². The van der Waals surface area contributed by atoms with Crippen molar-refractivity contribution in [2.75, 3.05) is 0 Å². The molecule has 0 aromatic rings. The Morgan fingerprint density at radius 3 is 0.692 bits per heavy atom. The van der Waals surface area contributed by atoms with Crippen LogP contribution in [0.5, 0.6) is 0 Å². The summed E-state index contributed by atoms with van der Waals surface area (Å²) in [6, 6.07) is 0. The van der Waals surface area contributed by atoms with Gasteiger partial charge in [-0.3, -0.25) is 0 Å². The molecule has 0 aliphatic heterocycles. The van der Waals surface area contributed by atoms with Crippen molar-refractivity contribution in [3.8, 4) is 0 Å². The quantitative estimate of drug-likeness (QED) is 0.360. The van der Waals surface area contributed by atoms with Crippen molar-refractivity contribution in [2.45, 2.75) is 0 Å². The van der Waals surface area contributed by atoms with Gasteiger partial charge in [-0.15, -0.1) is 0 Å². The first-order valence-electron chi connectivity index (χ1n) is 1.97. The van der Waals surface area contributed by atoms with Gasteiger partial charge in [0.1, 0.15) is 0 Å². The molecule has 68 valence electrons. The van der Waals surface area contributed by atoms with Crippen molar-refractivity contribution in [2.24, 2.45) is 0 Å². The number of hydrogen-bond acceptors (Lipinski definition) is 0. The van der Waals surface area contributed by atoms with Gasteiger partial charge in [-0.1, -0.05) is 25.3 Å². The molecule has 0 amide bonds. The Morgan fingerprint density at radius 1 is 0.615 bits per heavy atom. The zero-order valence-corrected chi connectivity index (χ0v) is 7.89. The molecule has 0 aromatic carbocycles. The van der Waals surface area contributed by atoms with Gasteiger partial charge in [0, 0.05) is 17.4 Å². The minimum absolute atomic E-state index is 0. The largest absolute Gasteiger partial charge is 0 e. The Hall–Kier alpha value is -1.03. The Labute approximate surface area is 88.3 Å². The fourth-order valence-electron chi connectivity index (χ4n) is 0. The van der Waals surface area contributed by atoms with Crippen LogP contribution < -0.4 is 0 Å². The summed E-state index contributed by atoms with van der Waals surface area (Å²) in [5.41, 5.74) is 0. The minimum atomic E-state index is 0. The van der Waals surface area contributed by atoms with E-state index in [2.05, 4.69) is 39.8 Å². The molecule has 0 unspecified atom stereocenters. The van der Waals surface area contributed by atoms with E-state index >= 15 is 0 Å². The fraction of sp³-hybridized carbons (Fsp3) is 0. The number of rotatable bonds is 1. The van der Waals surface area contributed by atoms with E-state index in [9.17, 15) is 0 Å². The standard InChI is InChI=1S/C4H6.4CO.Cr/c1-3-4-2;4*1-2;/h3-4H,1-2H2;;;;;. The monoisotopic (exact) mass is 218 g/mol. The topological polar surface area (TPSA) is 79.6 Å². The molecular formula is C8H6CrO4. The molecule has 0 bridgehead atoms. The van der Waals surface area contributed by atoms with Crippen LogP contribution in [0, 0.1) is 26.6 Å². The van der Waals surface area contributed by atoms with E-state index < -0.39 is 0 Å². The molecule has 0 saturated carbocycles. The Kier molecular flexibility index (Phi) is 3590. The van der Waals surface area contributed by atoms with Gasteiger partial charge in [-0.2, -0.15) is 0 Å². The van der Waals surface area contributed by atoms with Gasteiger partial charge in [0.25, 0.3) is 0 Å². The van der Waals surface area contributed by atoms with Crippen molar-refractivity contribution in [1.82, 2.24) is 0 Å². The van der Waals surface area contributed by atoms with E-state index in [4.69, 9.17) is 18.6 Å². The molecule has 5 heteroatoms. The van der Waals surface area contributed by atoms with Gasteiger partial charge in [0.05, 0.1) is 0 Å². The maximum absolute atomic E-state index is 7.50. The van der Waals surface area contributed by atoms with Crippen LogP contribution in [0.15, 0.2) is 25.3 Å². The smallest absolute Gasteiger partial charge is 0 e. The van der Waals surface area contributed by atoms with Gasteiger partial charge in [0.2, 0.25) is 0 Å². The molecule has 0 rings (SSSR count). The van der Waals surface area contributed by atoms with E-state index in [-0.39, 0.29) is 17.4 Å². The third kappa shape index (κ3) is 1170000. The second kappa shape index (κ2) is 1150. The molecule has 0 atom stereocenters. The average molecular weight is 218 g/mol. The Bertz CT molecular complexity index is 113. The van der Waals surface area contributed by atoms with E-state index in [1.54, 1.807) is 12.2 Å². The van der Waals surface area contributed by atoms with Crippen molar-refractivity contribution in [1.29, 1.82) is 0 Å². The van der Waals surface area contributed by atoms with Crippen LogP contribution >= 0.6 is 0 Å². The van der Waals surface area contributed by atoms with Crippen LogP contribution in [0.1, 0.15) is 0 Å². The summed E-state index contributed by atoms with van der Waals surface area (Å²) in [7, 11) is 0.